The lowest BCUT2D eigenvalue weighted by molar-refractivity contribution is -0.384. The van der Waals surface area contributed by atoms with Gasteiger partial charge >= 0.3 is 0 Å². The predicted octanol–water partition coefficient (Wildman–Crippen LogP) is 1.84. The normalized spacial score (nSPS) is 10.2. The van der Waals surface area contributed by atoms with E-state index in [2.05, 4.69) is 20.7 Å². The van der Waals surface area contributed by atoms with Crippen LogP contribution in [0.2, 0.25) is 0 Å². The SMILES string of the molecule is CCc1cccnc1CNc1cc([N+](=O)[O-])cc(NN)n1. The first-order chi connectivity index (χ1) is 10.1. The highest BCUT2D eigenvalue weighted by molar-refractivity contribution is 5.54. The molecular formula is C13H16N6O2. The van der Waals surface area contributed by atoms with Crippen molar-refractivity contribution in [3.63, 3.8) is 0 Å². The number of nitrogens with two attached hydrogens (primary N) is 1. The molecule has 0 saturated carbocycles. The number of hydrogen-bond acceptors (Lipinski definition) is 7. The number of aryl methyl sites for hydroxylation is 1. The van der Waals surface area contributed by atoms with Gasteiger partial charge in [0.2, 0.25) is 0 Å². The minimum Gasteiger partial charge on any atom is -0.364 e. The van der Waals surface area contributed by atoms with Gasteiger partial charge in [-0.3, -0.25) is 15.1 Å². The van der Waals surface area contributed by atoms with Crippen LogP contribution in [0.1, 0.15) is 18.2 Å². The van der Waals surface area contributed by atoms with Crippen molar-refractivity contribution in [2.75, 3.05) is 10.7 Å². The fourth-order valence-electron chi connectivity index (χ4n) is 1.91. The minimum absolute atomic E-state index is 0.0859. The smallest absolute Gasteiger partial charge is 0.276 e. The highest BCUT2D eigenvalue weighted by atomic mass is 16.6. The van der Waals surface area contributed by atoms with Crippen molar-refractivity contribution in [1.29, 1.82) is 0 Å². The van der Waals surface area contributed by atoms with Crippen LogP contribution in [0.25, 0.3) is 0 Å². The monoisotopic (exact) mass is 288 g/mol. The lowest BCUT2D eigenvalue weighted by Crippen LogP contribution is -2.11. The van der Waals surface area contributed by atoms with Gasteiger partial charge in [-0.1, -0.05) is 13.0 Å². The van der Waals surface area contributed by atoms with Crippen LogP contribution in [0.5, 0.6) is 0 Å². The number of pyridine rings is 2. The molecule has 4 N–H and O–H groups in total. The van der Waals surface area contributed by atoms with Crippen molar-refractivity contribution in [3.05, 3.63) is 51.8 Å². The molecule has 8 nitrogen and oxygen atoms in total. The Morgan fingerprint density at radius 1 is 1.38 bits per heavy atom. The molecule has 0 aliphatic heterocycles. The van der Waals surface area contributed by atoms with Crippen molar-refractivity contribution in [2.24, 2.45) is 5.84 Å². The Bertz CT molecular complexity index is 646. The van der Waals surface area contributed by atoms with Gasteiger partial charge in [-0.15, -0.1) is 0 Å². The Morgan fingerprint density at radius 3 is 2.81 bits per heavy atom. The van der Waals surface area contributed by atoms with E-state index in [4.69, 9.17) is 5.84 Å². The van der Waals surface area contributed by atoms with E-state index in [-0.39, 0.29) is 11.5 Å². The van der Waals surface area contributed by atoms with Gasteiger partial charge in [0.05, 0.1) is 29.3 Å². The van der Waals surface area contributed by atoms with Gasteiger partial charge in [-0.05, 0) is 18.1 Å². The molecule has 110 valence electrons. The molecule has 0 spiro atoms. The third-order valence-corrected chi connectivity index (χ3v) is 2.97. The van der Waals surface area contributed by atoms with Crippen LogP contribution in [-0.2, 0) is 13.0 Å². The highest BCUT2D eigenvalue weighted by Crippen LogP contribution is 2.20. The van der Waals surface area contributed by atoms with E-state index in [9.17, 15) is 10.1 Å². The standard InChI is InChI=1S/C13H16N6O2/c1-2-9-4-3-5-15-11(9)8-16-12-6-10(19(20)21)7-13(17-12)18-14/h3-7H,2,8,14H2,1H3,(H2,16,17,18). The molecule has 0 atom stereocenters. The molecule has 0 unspecified atom stereocenters. The molecule has 0 fully saturated rings. The fraction of sp³-hybridized carbons (Fsp3) is 0.231. The zero-order valence-corrected chi connectivity index (χ0v) is 11.5. The number of nitro groups is 1. The number of hydrazine groups is 1. The van der Waals surface area contributed by atoms with Crippen molar-refractivity contribution >= 4 is 17.3 Å². The largest absolute Gasteiger partial charge is 0.364 e. The molecule has 0 radical (unpaired) electrons. The third-order valence-electron chi connectivity index (χ3n) is 2.97. The topological polar surface area (TPSA) is 119 Å². The first-order valence-electron chi connectivity index (χ1n) is 6.43. The zero-order valence-electron chi connectivity index (χ0n) is 11.5. The maximum atomic E-state index is 10.9. The summed E-state index contributed by atoms with van der Waals surface area (Å²) in [5, 5.41) is 13.9. The second-order valence-electron chi connectivity index (χ2n) is 4.31. The Labute approximate surface area is 121 Å². The summed E-state index contributed by atoms with van der Waals surface area (Å²) < 4.78 is 0. The van der Waals surface area contributed by atoms with Gasteiger partial charge in [-0.2, -0.15) is 0 Å². The molecule has 2 rings (SSSR count). The summed E-state index contributed by atoms with van der Waals surface area (Å²) >= 11 is 0. The van der Waals surface area contributed by atoms with Crippen molar-refractivity contribution in [3.8, 4) is 0 Å². The second kappa shape index (κ2) is 6.62. The molecule has 0 saturated heterocycles. The molecule has 21 heavy (non-hydrogen) atoms. The second-order valence-corrected chi connectivity index (χ2v) is 4.31. The number of nitrogens with zero attached hydrogens (tertiary/aromatic N) is 3. The summed E-state index contributed by atoms with van der Waals surface area (Å²) in [5.74, 6) is 5.86. The van der Waals surface area contributed by atoms with E-state index >= 15 is 0 Å². The number of rotatable bonds is 6. The average Bonchev–Trinajstić information content (AvgIpc) is 2.52. The Balaban J connectivity index is 2.19. The minimum atomic E-state index is -0.494. The maximum absolute atomic E-state index is 10.9. The van der Waals surface area contributed by atoms with Crippen molar-refractivity contribution in [2.45, 2.75) is 19.9 Å². The zero-order chi connectivity index (χ0) is 15.2. The molecule has 2 aromatic rings. The van der Waals surface area contributed by atoms with Crippen LogP contribution in [0.4, 0.5) is 17.3 Å². The molecule has 0 bridgehead atoms. The lowest BCUT2D eigenvalue weighted by Gasteiger charge is -2.09. The number of hydrogen-bond donors (Lipinski definition) is 3. The molecule has 0 aromatic carbocycles. The maximum Gasteiger partial charge on any atom is 0.276 e. The number of nitrogen functional groups attached to an aromatic ring is 1. The summed E-state index contributed by atoms with van der Waals surface area (Å²) in [6.45, 7) is 2.48. The van der Waals surface area contributed by atoms with E-state index in [0.717, 1.165) is 17.7 Å². The van der Waals surface area contributed by atoms with Gasteiger partial charge in [0.15, 0.2) is 0 Å². The number of nitrogens with one attached hydrogen (secondary N) is 2. The van der Waals surface area contributed by atoms with Gasteiger partial charge in [0, 0.05) is 6.20 Å². The summed E-state index contributed by atoms with van der Waals surface area (Å²) in [6, 6.07) is 6.50. The molecule has 8 heteroatoms. The molecule has 0 aliphatic carbocycles. The summed E-state index contributed by atoms with van der Waals surface area (Å²) in [5.41, 5.74) is 4.23. The van der Waals surface area contributed by atoms with Crippen molar-refractivity contribution in [1.82, 2.24) is 9.97 Å². The first kappa shape index (κ1) is 14.7. The Kier molecular flexibility index (Phi) is 4.62. The summed E-state index contributed by atoms with van der Waals surface area (Å²) in [6.07, 6.45) is 2.58. The van der Waals surface area contributed by atoms with E-state index < -0.39 is 4.92 Å². The number of anilines is 2. The Morgan fingerprint density at radius 2 is 2.14 bits per heavy atom. The van der Waals surface area contributed by atoms with E-state index in [1.54, 1.807) is 6.20 Å². The van der Waals surface area contributed by atoms with Crippen LogP contribution >= 0.6 is 0 Å². The van der Waals surface area contributed by atoms with E-state index in [1.807, 2.05) is 19.1 Å². The van der Waals surface area contributed by atoms with E-state index in [1.165, 1.54) is 12.1 Å². The van der Waals surface area contributed by atoms with Crippen LogP contribution in [-0.4, -0.2) is 14.9 Å². The average molecular weight is 288 g/mol. The summed E-state index contributed by atoms with van der Waals surface area (Å²) in [7, 11) is 0. The highest BCUT2D eigenvalue weighted by Gasteiger charge is 2.11. The van der Waals surface area contributed by atoms with Gasteiger partial charge < -0.3 is 10.7 Å². The fourth-order valence-corrected chi connectivity index (χ4v) is 1.91. The van der Waals surface area contributed by atoms with Crippen LogP contribution < -0.4 is 16.6 Å². The van der Waals surface area contributed by atoms with Gasteiger partial charge in [-0.25, -0.2) is 10.8 Å². The number of aromatic nitrogens is 2. The molecule has 0 aliphatic rings. The predicted molar refractivity (Wildman–Crippen MR) is 79.6 cm³/mol. The molecular weight excluding hydrogens is 272 g/mol. The molecule has 2 heterocycles. The molecule has 2 aromatic heterocycles. The van der Waals surface area contributed by atoms with Crippen molar-refractivity contribution < 1.29 is 4.92 Å². The molecule has 0 amide bonds. The van der Waals surface area contributed by atoms with Gasteiger partial charge in [0.25, 0.3) is 5.69 Å². The summed E-state index contributed by atoms with van der Waals surface area (Å²) in [4.78, 5) is 18.8. The van der Waals surface area contributed by atoms with Gasteiger partial charge in [0.1, 0.15) is 11.6 Å². The van der Waals surface area contributed by atoms with Crippen LogP contribution in [0.3, 0.4) is 0 Å². The third kappa shape index (κ3) is 3.63. The van der Waals surface area contributed by atoms with Crippen LogP contribution in [0, 0.1) is 10.1 Å². The Hall–Kier alpha value is -2.74. The quantitative estimate of drug-likeness (QED) is 0.421. The lowest BCUT2D eigenvalue weighted by atomic mass is 10.1. The van der Waals surface area contributed by atoms with E-state index in [0.29, 0.717) is 12.4 Å². The first-order valence-corrected chi connectivity index (χ1v) is 6.43. The van der Waals surface area contributed by atoms with Crippen LogP contribution in [0.15, 0.2) is 30.5 Å².